The van der Waals surface area contributed by atoms with E-state index in [2.05, 4.69) is 10.6 Å². The van der Waals surface area contributed by atoms with E-state index in [-0.39, 0.29) is 39.1 Å². The largest absolute Gasteiger partial charge is 0.495 e. The molecular formula is C19H24Cl2N2O5. The number of hydrogen-bond acceptors (Lipinski definition) is 5. The molecule has 7 nitrogen and oxygen atoms in total. The summed E-state index contributed by atoms with van der Waals surface area (Å²) in [6, 6.07) is 0.232. The third-order valence-corrected chi connectivity index (χ3v) is 4.75. The van der Waals surface area contributed by atoms with E-state index in [1.54, 1.807) is 19.9 Å². The number of amides is 2. The molecule has 0 saturated heterocycles. The summed E-state index contributed by atoms with van der Waals surface area (Å²) < 4.78 is 16.1. The van der Waals surface area contributed by atoms with Gasteiger partial charge in [0.2, 0.25) is 0 Å². The van der Waals surface area contributed by atoms with E-state index >= 15 is 0 Å². The molecule has 0 spiro atoms. The first-order valence-corrected chi connectivity index (χ1v) is 9.50. The number of carbonyl (C=O) groups is 2. The van der Waals surface area contributed by atoms with Gasteiger partial charge in [0.15, 0.2) is 5.75 Å². The summed E-state index contributed by atoms with van der Waals surface area (Å²) in [5, 5.41) is 5.81. The maximum absolute atomic E-state index is 12.9. The van der Waals surface area contributed by atoms with Gasteiger partial charge in [0.1, 0.15) is 10.8 Å². The predicted molar refractivity (Wildman–Crippen MR) is 107 cm³/mol. The minimum absolute atomic E-state index is 0.140. The summed E-state index contributed by atoms with van der Waals surface area (Å²) >= 11 is 12.7. The number of ether oxygens (including phenoxy) is 3. The fourth-order valence-corrected chi connectivity index (χ4v) is 3.69. The molecule has 0 bridgehead atoms. The van der Waals surface area contributed by atoms with Crippen LogP contribution in [0.5, 0.6) is 11.5 Å². The second-order valence-corrected chi connectivity index (χ2v) is 7.58. The highest BCUT2D eigenvalue weighted by molar-refractivity contribution is 6.38. The van der Waals surface area contributed by atoms with Crippen molar-refractivity contribution < 1.29 is 23.8 Å². The van der Waals surface area contributed by atoms with Crippen LogP contribution < -0.4 is 20.1 Å². The lowest BCUT2D eigenvalue weighted by Gasteiger charge is -2.32. The normalized spacial score (nSPS) is 16.8. The molecule has 1 aliphatic rings. The standard InChI is InChI=1S/C19H24Cl2N2O5/c1-8(2)14-12(18(24)28-9(3)4)15(23-19(25)22-14)10-7-11(20)17(27-6)13(21)16(10)26-5/h7-9,15H,1-6H3,(H2,22,23,25). The predicted octanol–water partition coefficient (Wildman–Crippen LogP) is 4.23. The number of hydrogen-bond donors (Lipinski definition) is 2. The van der Waals surface area contributed by atoms with Crippen molar-refractivity contribution in [3.05, 3.63) is 32.9 Å². The molecule has 1 atom stereocenters. The molecule has 1 aromatic rings. The van der Waals surface area contributed by atoms with Crippen LogP contribution >= 0.6 is 23.2 Å². The molecular weight excluding hydrogens is 407 g/mol. The molecule has 2 amide bonds. The molecule has 1 aliphatic heterocycles. The summed E-state index contributed by atoms with van der Waals surface area (Å²) in [7, 11) is 2.86. The van der Waals surface area contributed by atoms with Gasteiger partial charge in [-0.15, -0.1) is 0 Å². The van der Waals surface area contributed by atoms with Gasteiger partial charge in [-0.2, -0.15) is 0 Å². The number of methoxy groups -OCH3 is 2. The van der Waals surface area contributed by atoms with Crippen molar-refractivity contribution in [1.29, 1.82) is 0 Å². The molecule has 1 aromatic carbocycles. The fourth-order valence-electron chi connectivity index (χ4n) is 2.99. The molecule has 0 radical (unpaired) electrons. The highest BCUT2D eigenvalue weighted by Crippen LogP contribution is 2.46. The lowest BCUT2D eigenvalue weighted by Crippen LogP contribution is -2.47. The van der Waals surface area contributed by atoms with E-state index in [0.717, 1.165) is 0 Å². The number of esters is 1. The second-order valence-electron chi connectivity index (χ2n) is 6.80. The molecule has 2 N–H and O–H groups in total. The van der Waals surface area contributed by atoms with Gasteiger partial charge >= 0.3 is 12.0 Å². The Morgan fingerprint density at radius 1 is 1.11 bits per heavy atom. The number of halogens is 2. The first-order valence-electron chi connectivity index (χ1n) is 8.74. The highest BCUT2D eigenvalue weighted by Gasteiger charge is 2.37. The zero-order chi connectivity index (χ0) is 21.2. The molecule has 0 aromatic heterocycles. The average molecular weight is 431 g/mol. The zero-order valence-corrected chi connectivity index (χ0v) is 18.1. The summed E-state index contributed by atoms with van der Waals surface area (Å²) in [6.07, 6.45) is -0.336. The molecule has 0 saturated carbocycles. The third-order valence-electron chi connectivity index (χ3n) is 4.12. The van der Waals surface area contributed by atoms with Gasteiger partial charge in [-0.3, -0.25) is 0 Å². The smallest absolute Gasteiger partial charge is 0.338 e. The van der Waals surface area contributed by atoms with Gasteiger partial charge in [-0.05, 0) is 25.8 Å². The zero-order valence-electron chi connectivity index (χ0n) is 16.6. The van der Waals surface area contributed by atoms with Gasteiger partial charge < -0.3 is 24.8 Å². The van der Waals surface area contributed by atoms with Gasteiger partial charge in [0, 0.05) is 11.3 Å². The Labute approximate surface area is 174 Å². The monoisotopic (exact) mass is 430 g/mol. The van der Waals surface area contributed by atoms with Crippen LogP contribution in [0.1, 0.15) is 39.3 Å². The van der Waals surface area contributed by atoms with Crippen molar-refractivity contribution >= 4 is 35.2 Å². The average Bonchev–Trinajstić information content (AvgIpc) is 2.60. The van der Waals surface area contributed by atoms with Crippen LogP contribution in [0.2, 0.25) is 10.0 Å². The third kappa shape index (κ3) is 4.31. The molecule has 0 fully saturated rings. The first-order chi connectivity index (χ1) is 13.1. The molecule has 9 heteroatoms. The van der Waals surface area contributed by atoms with Crippen LogP contribution in [-0.4, -0.2) is 32.3 Å². The van der Waals surface area contributed by atoms with Gasteiger partial charge in [0.25, 0.3) is 0 Å². The van der Waals surface area contributed by atoms with Crippen molar-refractivity contribution in [2.75, 3.05) is 14.2 Å². The Kier molecular flexibility index (Phi) is 7.06. The number of rotatable bonds is 6. The Balaban J connectivity index is 2.75. The van der Waals surface area contributed by atoms with Gasteiger partial charge in [0.05, 0.1) is 37.0 Å². The minimum atomic E-state index is -0.867. The van der Waals surface area contributed by atoms with E-state index in [1.807, 2.05) is 13.8 Å². The highest BCUT2D eigenvalue weighted by atomic mass is 35.5. The van der Waals surface area contributed by atoms with Crippen LogP contribution in [0.15, 0.2) is 17.3 Å². The lowest BCUT2D eigenvalue weighted by atomic mass is 9.90. The van der Waals surface area contributed by atoms with Crippen LogP contribution in [0.3, 0.4) is 0 Å². The van der Waals surface area contributed by atoms with Crippen molar-refractivity contribution in [3.63, 3.8) is 0 Å². The number of allylic oxidation sites excluding steroid dienone is 1. The maximum Gasteiger partial charge on any atom is 0.338 e. The Morgan fingerprint density at radius 3 is 2.21 bits per heavy atom. The number of carbonyl (C=O) groups excluding carboxylic acids is 2. The van der Waals surface area contributed by atoms with E-state index < -0.39 is 18.0 Å². The van der Waals surface area contributed by atoms with Gasteiger partial charge in [-0.25, -0.2) is 9.59 Å². The van der Waals surface area contributed by atoms with Crippen LogP contribution in [0.4, 0.5) is 4.79 Å². The molecule has 154 valence electrons. The number of nitrogens with one attached hydrogen (secondary N) is 2. The quantitative estimate of drug-likeness (QED) is 0.659. The molecule has 28 heavy (non-hydrogen) atoms. The van der Waals surface area contributed by atoms with E-state index in [4.69, 9.17) is 37.4 Å². The first kappa shape index (κ1) is 22.2. The molecule has 2 rings (SSSR count). The van der Waals surface area contributed by atoms with Gasteiger partial charge in [-0.1, -0.05) is 37.0 Å². The SMILES string of the molecule is COc1c(Cl)cc(C2NC(=O)NC(C(C)C)=C2C(=O)OC(C)C)c(OC)c1Cl. The number of urea groups is 1. The molecule has 1 unspecified atom stereocenters. The van der Waals surface area contributed by atoms with Crippen LogP contribution in [0.25, 0.3) is 0 Å². The van der Waals surface area contributed by atoms with Crippen molar-refractivity contribution in [2.24, 2.45) is 5.92 Å². The minimum Gasteiger partial charge on any atom is -0.495 e. The van der Waals surface area contributed by atoms with E-state index in [0.29, 0.717) is 11.3 Å². The Bertz CT molecular complexity index is 821. The van der Waals surface area contributed by atoms with E-state index in [1.165, 1.54) is 14.2 Å². The van der Waals surface area contributed by atoms with Crippen molar-refractivity contribution in [2.45, 2.75) is 39.8 Å². The Morgan fingerprint density at radius 2 is 1.71 bits per heavy atom. The van der Waals surface area contributed by atoms with Crippen molar-refractivity contribution in [1.82, 2.24) is 10.6 Å². The van der Waals surface area contributed by atoms with Crippen molar-refractivity contribution in [3.8, 4) is 11.5 Å². The van der Waals surface area contributed by atoms with Crippen LogP contribution in [0, 0.1) is 5.92 Å². The molecule has 0 aliphatic carbocycles. The summed E-state index contributed by atoms with van der Waals surface area (Å²) in [5.74, 6) is -0.212. The summed E-state index contributed by atoms with van der Waals surface area (Å²) in [6.45, 7) is 7.23. The lowest BCUT2D eigenvalue weighted by molar-refractivity contribution is -0.143. The second kappa shape index (κ2) is 8.92. The number of benzene rings is 1. The maximum atomic E-state index is 12.9. The van der Waals surface area contributed by atoms with Crippen LogP contribution in [-0.2, 0) is 9.53 Å². The molecule has 1 heterocycles. The topological polar surface area (TPSA) is 85.9 Å². The summed E-state index contributed by atoms with van der Waals surface area (Å²) in [4.78, 5) is 25.2. The van der Waals surface area contributed by atoms with E-state index in [9.17, 15) is 9.59 Å². The summed E-state index contributed by atoms with van der Waals surface area (Å²) in [5.41, 5.74) is 1.14. The Hall–Kier alpha value is -2.12. The fraction of sp³-hybridized carbons (Fsp3) is 0.474.